The first-order valence-corrected chi connectivity index (χ1v) is 8.72. The summed E-state index contributed by atoms with van der Waals surface area (Å²) in [6.45, 7) is 2.52. The predicted octanol–water partition coefficient (Wildman–Crippen LogP) is 4.35. The van der Waals surface area contributed by atoms with Crippen LogP contribution in [0.25, 0.3) is 0 Å². The van der Waals surface area contributed by atoms with Crippen molar-refractivity contribution in [2.75, 3.05) is 16.8 Å². The van der Waals surface area contributed by atoms with Crippen LogP contribution in [0.3, 0.4) is 0 Å². The summed E-state index contributed by atoms with van der Waals surface area (Å²) in [5, 5.41) is 2.68. The molecule has 0 saturated heterocycles. The molecule has 1 atom stereocenters. The Kier molecular flexibility index (Phi) is 3.98. The second-order valence-corrected chi connectivity index (χ2v) is 6.92. The Morgan fingerprint density at radius 3 is 2.74 bits per heavy atom. The van der Waals surface area contributed by atoms with Gasteiger partial charge in [0, 0.05) is 17.8 Å². The Morgan fingerprint density at radius 2 is 2.00 bits per heavy atom. The minimum atomic E-state index is -4.51. The number of nitrogens with one attached hydrogen (secondary N) is 1. The molecule has 2 amide bonds. The van der Waals surface area contributed by atoms with Crippen molar-refractivity contribution >= 4 is 23.2 Å². The normalized spacial score (nSPS) is 18.4. The van der Waals surface area contributed by atoms with Crippen molar-refractivity contribution in [3.63, 3.8) is 0 Å². The molecule has 2 aromatic carbocycles. The van der Waals surface area contributed by atoms with Crippen LogP contribution < -0.4 is 10.2 Å². The van der Waals surface area contributed by atoms with E-state index in [0.29, 0.717) is 12.2 Å². The molecule has 0 aliphatic carbocycles. The summed E-state index contributed by atoms with van der Waals surface area (Å²) in [5.74, 6) is -0.854. The summed E-state index contributed by atoms with van der Waals surface area (Å²) in [6, 6.07) is 7.87. The van der Waals surface area contributed by atoms with Gasteiger partial charge in [-0.1, -0.05) is 6.07 Å². The first-order chi connectivity index (χ1) is 12.8. The van der Waals surface area contributed by atoms with E-state index >= 15 is 0 Å². The van der Waals surface area contributed by atoms with Gasteiger partial charge in [-0.25, -0.2) is 0 Å². The number of hydrogen-bond donors (Lipinski definition) is 1. The van der Waals surface area contributed by atoms with Crippen LogP contribution in [0, 0.1) is 0 Å². The molecule has 0 fully saturated rings. The molecular weight excluding hydrogens is 357 g/mol. The molecule has 1 N–H and O–H groups in total. The van der Waals surface area contributed by atoms with E-state index < -0.39 is 17.6 Å². The van der Waals surface area contributed by atoms with Crippen molar-refractivity contribution in [2.45, 2.75) is 31.9 Å². The van der Waals surface area contributed by atoms with Crippen LogP contribution in [0.15, 0.2) is 36.4 Å². The lowest BCUT2D eigenvalue weighted by atomic mass is 9.96. The van der Waals surface area contributed by atoms with Crippen LogP contribution in [0.5, 0.6) is 0 Å². The van der Waals surface area contributed by atoms with Crippen molar-refractivity contribution < 1.29 is 22.8 Å². The number of halogens is 3. The monoisotopic (exact) mass is 374 g/mol. The zero-order chi connectivity index (χ0) is 19.3. The molecule has 140 valence electrons. The fourth-order valence-electron chi connectivity index (χ4n) is 3.81. The smallest absolute Gasteiger partial charge is 0.322 e. The fraction of sp³-hybridized carbons (Fsp3) is 0.300. The number of amides is 2. The molecule has 2 aliphatic rings. The molecule has 2 heterocycles. The third-order valence-corrected chi connectivity index (χ3v) is 5.13. The maximum Gasteiger partial charge on any atom is 0.416 e. The van der Waals surface area contributed by atoms with Gasteiger partial charge in [0.1, 0.15) is 0 Å². The first-order valence-electron chi connectivity index (χ1n) is 8.72. The summed E-state index contributed by atoms with van der Waals surface area (Å²) >= 11 is 0. The lowest BCUT2D eigenvalue weighted by Gasteiger charge is -2.26. The van der Waals surface area contributed by atoms with Crippen molar-refractivity contribution in [1.82, 2.24) is 0 Å². The Morgan fingerprint density at radius 1 is 1.22 bits per heavy atom. The van der Waals surface area contributed by atoms with Gasteiger partial charge in [0.2, 0.25) is 5.91 Å². The van der Waals surface area contributed by atoms with Gasteiger partial charge in [-0.15, -0.1) is 0 Å². The average molecular weight is 374 g/mol. The van der Waals surface area contributed by atoms with E-state index in [1.165, 1.54) is 12.1 Å². The van der Waals surface area contributed by atoms with Crippen LogP contribution >= 0.6 is 0 Å². The number of nitrogens with zero attached hydrogens (tertiary/aromatic N) is 1. The van der Waals surface area contributed by atoms with Crippen LogP contribution in [0.4, 0.5) is 24.5 Å². The highest BCUT2D eigenvalue weighted by Gasteiger charge is 2.38. The molecule has 0 aromatic heterocycles. The van der Waals surface area contributed by atoms with E-state index in [9.17, 15) is 22.8 Å². The highest BCUT2D eigenvalue weighted by atomic mass is 19.4. The maximum atomic E-state index is 12.9. The van der Waals surface area contributed by atoms with Crippen molar-refractivity contribution in [2.24, 2.45) is 0 Å². The minimum absolute atomic E-state index is 0.0484. The first kappa shape index (κ1) is 17.6. The lowest BCUT2D eigenvalue weighted by molar-refractivity contribution is -0.137. The standard InChI is InChI=1S/C20H17F3N2O2/c1-11-16-10-15(9-12-5-3-7-25(17(12)16)19(11)27)24-18(26)13-4-2-6-14(8-13)20(21,22)23/h2,4,6,8-11H,3,5,7H2,1H3,(H,24,26)/t11-/m1/s1. The van der Waals surface area contributed by atoms with Gasteiger partial charge >= 0.3 is 6.18 Å². The van der Waals surface area contributed by atoms with Crippen LogP contribution in [0.2, 0.25) is 0 Å². The van der Waals surface area contributed by atoms with Gasteiger partial charge < -0.3 is 10.2 Å². The largest absolute Gasteiger partial charge is 0.416 e. The Labute approximate surface area is 154 Å². The summed E-state index contributed by atoms with van der Waals surface area (Å²) in [7, 11) is 0. The van der Waals surface area contributed by atoms with E-state index in [-0.39, 0.29) is 17.4 Å². The molecule has 2 aliphatic heterocycles. The highest BCUT2D eigenvalue weighted by Crippen LogP contribution is 2.44. The molecular formula is C20H17F3N2O2. The summed E-state index contributed by atoms with van der Waals surface area (Å²) in [6.07, 6.45) is -2.87. The molecule has 0 radical (unpaired) electrons. The summed E-state index contributed by atoms with van der Waals surface area (Å²) in [5.41, 5.74) is 2.33. The van der Waals surface area contributed by atoms with Crippen molar-refractivity contribution in [3.8, 4) is 0 Å². The SMILES string of the molecule is C[C@H]1C(=O)N2CCCc3cc(NC(=O)c4cccc(C(F)(F)F)c4)cc1c32. The highest BCUT2D eigenvalue weighted by molar-refractivity contribution is 6.08. The quantitative estimate of drug-likeness (QED) is 0.849. The Hall–Kier alpha value is -2.83. The number of carbonyl (C=O) groups excluding carboxylic acids is 2. The van der Waals surface area contributed by atoms with Crippen molar-refractivity contribution in [1.29, 1.82) is 0 Å². The van der Waals surface area contributed by atoms with Gasteiger partial charge in [0.05, 0.1) is 17.2 Å². The van der Waals surface area contributed by atoms with Crippen LogP contribution in [-0.2, 0) is 17.4 Å². The number of alkyl halides is 3. The molecule has 0 unspecified atom stereocenters. The molecule has 2 aromatic rings. The minimum Gasteiger partial charge on any atom is -0.322 e. The van der Waals surface area contributed by atoms with E-state index in [1.807, 2.05) is 13.0 Å². The third-order valence-electron chi connectivity index (χ3n) is 5.13. The number of hydrogen-bond acceptors (Lipinski definition) is 2. The number of carbonyl (C=O) groups is 2. The van der Waals surface area contributed by atoms with Gasteiger partial charge in [0.25, 0.3) is 5.91 Å². The van der Waals surface area contributed by atoms with Gasteiger partial charge in [-0.3, -0.25) is 9.59 Å². The Balaban J connectivity index is 1.65. The van der Waals surface area contributed by atoms with Crippen LogP contribution in [0.1, 0.15) is 46.3 Å². The van der Waals surface area contributed by atoms with Gasteiger partial charge in [-0.05, 0) is 61.2 Å². The zero-order valence-electron chi connectivity index (χ0n) is 14.6. The maximum absolute atomic E-state index is 12.9. The second kappa shape index (κ2) is 6.11. The van der Waals surface area contributed by atoms with Crippen molar-refractivity contribution in [3.05, 3.63) is 58.7 Å². The second-order valence-electron chi connectivity index (χ2n) is 6.92. The van der Waals surface area contributed by atoms with Crippen LogP contribution in [-0.4, -0.2) is 18.4 Å². The molecule has 0 saturated carbocycles. The average Bonchev–Trinajstić information content (AvgIpc) is 2.88. The van der Waals surface area contributed by atoms with Gasteiger partial charge in [0.15, 0.2) is 0 Å². The molecule has 0 bridgehead atoms. The lowest BCUT2D eigenvalue weighted by Crippen LogP contribution is -2.32. The molecule has 0 spiro atoms. The molecule has 4 rings (SSSR count). The van der Waals surface area contributed by atoms with E-state index in [2.05, 4.69) is 5.32 Å². The molecule has 7 heteroatoms. The predicted molar refractivity (Wildman–Crippen MR) is 94.9 cm³/mol. The zero-order valence-corrected chi connectivity index (χ0v) is 14.6. The van der Waals surface area contributed by atoms with E-state index in [0.717, 1.165) is 41.8 Å². The number of rotatable bonds is 2. The summed E-state index contributed by atoms with van der Waals surface area (Å²) in [4.78, 5) is 26.6. The molecule has 27 heavy (non-hydrogen) atoms. The Bertz CT molecular complexity index is 953. The number of aryl methyl sites for hydroxylation is 1. The summed E-state index contributed by atoms with van der Waals surface area (Å²) < 4.78 is 38.6. The number of benzene rings is 2. The van der Waals surface area contributed by atoms with E-state index in [4.69, 9.17) is 0 Å². The topological polar surface area (TPSA) is 49.4 Å². The van der Waals surface area contributed by atoms with E-state index in [1.54, 1.807) is 11.0 Å². The molecule has 4 nitrogen and oxygen atoms in total. The third kappa shape index (κ3) is 2.97. The fourth-order valence-corrected chi connectivity index (χ4v) is 3.81. The number of anilines is 2. The van der Waals surface area contributed by atoms with Gasteiger partial charge in [-0.2, -0.15) is 13.2 Å².